The van der Waals surface area contributed by atoms with Gasteiger partial charge in [0.1, 0.15) is 11.6 Å². The highest BCUT2D eigenvalue weighted by molar-refractivity contribution is 5.93. The molecule has 9 heteroatoms. The number of benzene rings is 2. The minimum atomic E-state index is -0.751. The van der Waals surface area contributed by atoms with Crippen molar-refractivity contribution in [2.45, 2.75) is 32.9 Å². The largest absolute Gasteiger partial charge is 0.493 e. The van der Waals surface area contributed by atoms with Gasteiger partial charge in [0.15, 0.2) is 23.0 Å². The molecule has 3 N–H and O–H groups in total. The van der Waals surface area contributed by atoms with E-state index in [1.54, 1.807) is 25.3 Å². The zero-order chi connectivity index (χ0) is 23.1. The Labute approximate surface area is 184 Å². The molecule has 0 fully saturated rings. The first-order chi connectivity index (χ1) is 15.5. The van der Waals surface area contributed by atoms with Crippen LogP contribution in [0.15, 0.2) is 40.8 Å². The Morgan fingerprint density at radius 3 is 2.69 bits per heavy atom. The minimum absolute atomic E-state index is 0.00529. The molecule has 0 aliphatic carbocycles. The second-order valence-corrected chi connectivity index (χ2v) is 6.98. The number of unbranched alkanes of at least 4 members (excludes halogenated alkanes) is 1. The number of carbonyl (C=O) groups is 1. The molecule has 3 aromatic rings. The number of oxazole rings is 1. The number of ether oxygens (including phenoxy) is 2. The Kier molecular flexibility index (Phi) is 7.77. The van der Waals surface area contributed by atoms with Crippen LogP contribution in [-0.4, -0.2) is 24.6 Å². The molecule has 0 radical (unpaired) electrons. The number of rotatable bonds is 10. The molecule has 0 aliphatic rings. The van der Waals surface area contributed by atoms with Gasteiger partial charge in [0.25, 0.3) is 5.91 Å². The third-order valence-corrected chi connectivity index (χ3v) is 4.72. The molecule has 1 amide bonds. The van der Waals surface area contributed by atoms with Crippen LogP contribution in [0.4, 0.5) is 8.78 Å². The maximum atomic E-state index is 13.8. The Morgan fingerprint density at radius 2 is 2.00 bits per heavy atom. The number of carbonyl (C=O) groups excluding carboxylic acids is 1. The van der Waals surface area contributed by atoms with Crippen molar-refractivity contribution in [3.8, 4) is 23.0 Å². The van der Waals surface area contributed by atoms with Crippen molar-refractivity contribution in [2.75, 3.05) is 13.7 Å². The lowest BCUT2D eigenvalue weighted by Crippen LogP contribution is -2.25. The van der Waals surface area contributed by atoms with Crippen LogP contribution in [0.25, 0.3) is 11.5 Å². The van der Waals surface area contributed by atoms with E-state index in [1.807, 2.05) is 0 Å². The number of amides is 1. The highest BCUT2D eigenvalue weighted by Crippen LogP contribution is 2.33. The number of hydrogen-bond donors (Lipinski definition) is 2. The van der Waals surface area contributed by atoms with Crippen LogP contribution in [0.2, 0.25) is 0 Å². The van der Waals surface area contributed by atoms with Crippen molar-refractivity contribution in [2.24, 2.45) is 5.73 Å². The zero-order valence-corrected chi connectivity index (χ0v) is 17.9. The number of nitrogens with one attached hydrogen (secondary N) is 1. The summed E-state index contributed by atoms with van der Waals surface area (Å²) < 4.78 is 43.7. The van der Waals surface area contributed by atoms with Crippen LogP contribution in [0, 0.1) is 11.6 Å². The second kappa shape index (κ2) is 10.7. The molecule has 2 aromatic carbocycles. The molecule has 3 rings (SSSR count). The minimum Gasteiger partial charge on any atom is -0.493 e. The summed E-state index contributed by atoms with van der Waals surface area (Å²) >= 11 is 0. The number of nitrogens with two attached hydrogens (primary N) is 1. The summed E-state index contributed by atoms with van der Waals surface area (Å²) in [5.41, 5.74) is 6.44. The van der Waals surface area contributed by atoms with Crippen molar-refractivity contribution in [3.05, 3.63) is 65.1 Å². The third-order valence-electron chi connectivity index (χ3n) is 4.72. The highest BCUT2D eigenvalue weighted by atomic mass is 19.1. The topological polar surface area (TPSA) is 99.6 Å². The van der Waals surface area contributed by atoms with Gasteiger partial charge in [-0.2, -0.15) is 0 Å². The molecular formula is C23H25F2N3O4. The van der Waals surface area contributed by atoms with E-state index >= 15 is 0 Å². The Morgan fingerprint density at radius 1 is 1.19 bits per heavy atom. The molecule has 170 valence electrons. The van der Waals surface area contributed by atoms with E-state index in [-0.39, 0.29) is 36.0 Å². The zero-order valence-electron chi connectivity index (χ0n) is 17.9. The van der Waals surface area contributed by atoms with Crippen molar-refractivity contribution in [1.82, 2.24) is 10.3 Å². The molecule has 32 heavy (non-hydrogen) atoms. The first-order valence-corrected chi connectivity index (χ1v) is 10.2. The van der Waals surface area contributed by atoms with E-state index in [2.05, 4.69) is 17.2 Å². The van der Waals surface area contributed by atoms with Gasteiger partial charge in [-0.1, -0.05) is 19.4 Å². The molecule has 1 heterocycles. The predicted molar refractivity (Wildman–Crippen MR) is 114 cm³/mol. The average Bonchev–Trinajstić information content (AvgIpc) is 3.23. The van der Waals surface area contributed by atoms with Crippen LogP contribution >= 0.6 is 0 Å². The lowest BCUT2D eigenvalue weighted by Gasteiger charge is -2.11. The van der Waals surface area contributed by atoms with Gasteiger partial charge < -0.3 is 24.9 Å². The lowest BCUT2D eigenvalue weighted by molar-refractivity contribution is 0.0944. The molecule has 0 saturated heterocycles. The quantitative estimate of drug-likeness (QED) is 0.454. The fourth-order valence-electron chi connectivity index (χ4n) is 2.96. The van der Waals surface area contributed by atoms with E-state index < -0.39 is 17.5 Å². The monoisotopic (exact) mass is 445 g/mol. The van der Waals surface area contributed by atoms with Crippen molar-refractivity contribution in [3.63, 3.8) is 0 Å². The van der Waals surface area contributed by atoms with Crippen LogP contribution in [0.3, 0.4) is 0 Å². The predicted octanol–water partition coefficient (Wildman–Crippen LogP) is 4.20. The standard InChI is InChI=1S/C23H25F2N3O4/c1-3-4-9-31-19-10-14(6-8-18(19)30-2)23-28-21(20(12-26)32-23)22(29)27-13-15-5-7-16(24)11-17(15)25/h5-8,10-11H,3-4,9,12-13,26H2,1-2H3,(H,27,29). The number of hydrogen-bond acceptors (Lipinski definition) is 6. The van der Waals surface area contributed by atoms with Gasteiger partial charge >= 0.3 is 0 Å². The first kappa shape index (κ1) is 23.2. The Bertz CT molecular complexity index is 1090. The van der Waals surface area contributed by atoms with Gasteiger partial charge in [-0.25, -0.2) is 13.8 Å². The molecule has 0 unspecified atom stereocenters. The van der Waals surface area contributed by atoms with E-state index in [0.717, 1.165) is 25.0 Å². The van der Waals surface area contributed by atoms with Crippen LogP contribution in [0.1, 0.15) is 41.6 Å². The van der Waals surface area contributed by atoms with Crippen molar-refractivity contribution < 1.29 is 27.5 Å². The second-order valence-electron chi connectivity index (χ2n) is 6.98. The molecule has 0 atom stereocenters. The Hall–Kier alpha value is -3.46. The summed E-state index contributed by atoms with van der Waals surface area (Å²) in [4.78, 5) is 16.9. The summed E-state index contributed by atoms with van der Waals surface area (Å²) in [6.45, 7) is 2.39. The van der Waals surface area contributed by atoms with Gasteiger partial charge in [-0.15, -0.1) is 0 Å². The van der Waals surface area contributed by atoms with Gasteiger partial charge in [0, 0.05) is 23.7 Å². The maximum Gasteiger partial charge on any atom is 0.273 e. The first-order valence-electron chi connectivity index (χ1n) is 10.2. The molecule has 0 bridgehead atoms. The molecule has 0 spiro atoms. The molecular weight excluding hydrogens is 420 g/mol. The number of methoxy groups -OCH3 is 1. The van der Waals surface area contributed by atoms with E-state index in [0.29, 0.717) is 23.7 Å². The maximum absolute atomic E-state index is 13.8. The molecule has 7 nitrogen and oxygen atoms in total. The number of nitrogens with zero attached hydrogens (tertiary/aromatic N) is 1. The van der Waals surface area contributed by atoms with E-state index in [4.69, 9.17) is 19.6 Å². The number of aromatic nitrogens is 1. The average molecular weight is 445 g/mol. The van der Waals surface area contributed by atoms with Crippen LogP contribution < -0.4 is 20.5 Å². The normalized spacial score (nSPS) is 10.8. The third kappa shape index (κ3) is 5.42. The van der Waals surface area contributed by atoms with Gasteiger partial charge in [-0.05, 0) is 30.7 Å². The number of halogens is 2. The summed E-state index contributed by atoms with van der Waals surface area (Å²) in [7, 11) is 1.55. The fourth-order valence-corrected chi connectivity index (χ4v) is 2.96. The van der Waals surface area contributed by atoms with Crippen LogP contribution in [-0.2, 0) is 13.1 Å². The Balaban J connectivity index is 1.81. The molecule has 1 aromatic heterocycles. The van der Waals surface area contributed by atoms with Crippen molar-refractivity contribution in [1.29, 1.82) is 0 Å². The summed E-state index contributed by atoms with van der Waals surface area (Å²) in [5, 5.41) is 2.55. The smallest absolute Gasteiger partial charge is 0.273 e. The summed E-state index contributed by atoms with van der Waals surface area (Å²) in [6.07, 6.45) is 1.88. The molecule has 0 saturated carbocycles. The highest BCUT2D eigenvalue weighted by Gasteiger charge is 2.21. The van der Waals surface area contributed by atoms with Crippen molar-refractivity contribution >= 4 is 5.91 Å². The van der Waals surface area contributed by atoms with E-state index in [9.17, 15) is 13.6 Å². The SMILES string of the molecule is CCCCOc1cc(-c2nc(C(=O)NCc3ccc(F)cc3F)c(CN)o2)ccc1OC. The summed E-state index contributed by atoms with van der Waals surface area (Å²) in [5.74, 6) is -0.566. The van der Waals surface area contributed by atoms with E-state index in [1.165, 1.54) is 6.07 Å². The lowest BCUT2D eigenvalue weighted by atomic mass is 10.2. The van der Waals surface area contributed by atoms with Gasteiger partial charge in [0.05, 0.1) is 20.3 Å². The van der Waals surface area contributed by atoms with Gasteiger partial charge in [-0.3, -0.25) is 4.79 Å². The fraction of sp³-hybridized carbons (Fsp3) is 0.304. The van der Waals surface area contributed by atoms with Gasteiger partial charge in [0.2, 0.25) is 5.89 Å². The van der Waals surface area contributed by atoms with Crippen LogP contribution in [0.5, 0.6) is 11.5 Å². The molecule has 0 aliphatic heterocycles. The summed E-state index contributed by atoms with van der Waals surface area (Å²) in [6, 6.07) is 8.31.